The van der Waals surface area contributed by atoms with Crippen LogP contribution in [0.3, 0.4) is 0 Å². The minimum atomic E-state index is -0.350. The molecule has 1 heterocycles. The lowest BCUT2D eigenvalue weighted by Gasteiger charge is -2.23. The Labute approximate surface area is 100 Å². The van der Waals surface area contributed by atoms with Crippen LogP contribution in [0.25, 0.3) is 0 Å². The van der Waals surface area contributed by atoms with Gasteiger partial charge >= 0.3 is 0 Å². The molecule has 0 aliphatic heterocycles. The molecule has 0 unspecified atom stereocenters. The Morgan fingerprint density at radius 2 is 2.24 bits per heavy atom. The van der Waals surface area contributed by atoms with E-state index in [9.17, 15) is 9.59 Å². The molecule has 17 heavy (non-hydrogen) atoms. The fraction of sp³-hybridized carbons (Fsp3) is 0.500. The van der Waals surface area contributed by atoms with Crippen LogP contribution in [0.15, 0.2) is 23.3 Å². The highest BCUT2D eigenvalue weighted by atomic mass is 16.2. The fourth-order valence-electron chi connectivity index (χ4n) is 1.49. The lowest BCUT2D eigenvalue weighted by molar-refractivity contribution is 0.0933. The van der Waals surface area contributed by atoms with E-state index >= 15 is 0 Å². The Balaban J connectivity index is 2.63. The van der Waals surface area contributed by atoms with E-state index in [0.29, 0.717) is 13.1 Å². The van der Waals surface area contributed by atoms with Crippen molar-refractivity contribution in [2.45, 2.75) is 20.3 Å². The van der Waals surface area contributed by atoms with Crippen LogP contribution in [-0.2, 0) is 0 Å². The highest BCUT2D eigenvalue weighted by molar-refractivity contribution is 5.93. The summed E-state index contributed by atoms with van der Waals surface area (Å²) in [6.07, 6.45) is 3.73. The van der Waals surface area contributed by atoms with Crippen molar-refractivity contribution in [2.75, 3.05) is 13.1 Å². The Bertz CT molecular complexity index is 437. The molecule has 5 heteroatoms. The lowest BCUT2D eigenvalue weighted by Crippen LogP contribution is -2.37. The average molecular weight is 237 g/mol. The van der Waals surface area contributed by atoms with Gasteiger partial charge in [-0.3, -0.25) is 9.59 Å². The molecule has 4 N–H and O–H groups in total. The van der Waals surface area contributed by atoms with Gasteiger partial charge in [0.1, 0.15) is 5.56 Å². The van der Waals surface area contributed by atoms with Crippen LogP contribution in [0.1, 0.15) is 30.6 Å². The number of aromatic nitrogens is 1. The quantitative estimate of drug-likeness (QED) is 0.696. The predicted molar refractivity (Wildman–Crippen MR) is 66.8 cm³/mol. The molecule has 0 aliphatic rings. The molecule has 0 fully saturated rings. The summed E-state index contributed by atoms with van der Waals surface area (Å²) in [5.74, 6) is -0.350. The summed E-state index contributed by atoms with van der Waals surface area (Å²) < 4.78 is 0. The summed E-state index contributed by atoms with van der Waals surface area (Å²) in [5.41, 5.74) is 5.28. The molecule has 1 aromatic heterocycles. The molecular weight excluding hydrogens is 218 g/mol. The number of rotatable bonds is 5. The van der Waals surface area contributed by atoms with Gasteiger partial charge in [-0.25, -0.2) is 0 Å². The second kappa shape index (κ2) is 5.63. The van der Waals surface area contributed by atoms with Crippen molar-refractivity contribution in [1.29, 1.82) is 0 Å². The van der Waals surface area contributed by atoms with Crippen LogP contribution in [0.5, 0.6) is 0 Å². The molecule has 0 spiro atoms. The summed E-state index contributed by atoms with van der Waals surface area (Å²) in [6, 6.07) is 1.33. The number of amides is 1. The van der Waals surface area contributed by atoms with E-state index in [1.54, 1.807) is 0 Å². The van der Waals surface area contributed by atoms with E-state index in [0.717, 1.165) is 6.42 Å². The average Bonchev–Trinajstić information content (AvgIpc) is 2.27. The molecule has 0 atom stereocenters. The Morgan fingerprint density at radius 1 is 1.53 bits per heavy atom. The summed E-state index contributed by atoms with van der Waals surface area (Å²) in [4.78, 5) is 25.9. The zero-order valence-corrected chi connectivity index (χ0v) is 10.2. The van der Waals surface area contributed by atoms with Gasteiger partial charge in [0.2, 0.25) is 0 Å². The van der Waals surface area contributed by atoms with E-state index in [1.165, 1.54) is 18.5 Å². The third-order valence-corrected chi connectivity index (χ3v) is 2.62. The standard InChI is InChI=1S/C12H19N3O2/c1-12(2,4-5-13)8-15-11(17)9-7-14-6-3-10(9)16/h3,6-7H,4-5,8,13H2,1-2H3,(H,14,16)(H,15,17). The zero-order valence-electron chi connectivity index (χ0n) is 10.2. The molecule has 1 rings (SSSR count). The van der Waals surface area contributed by atoms with E-state index in [-0.39, 0.29) is 22.3 Å². The first-order chi connectivity index (χ1) is 7.96. The summed E-state index contributed by atoms with van der Waals surface area (Å²) in [5, 5.41) is 2.75. The van der Waals surface area contributed by atoms with Crippen molar-refractivity contribution in [3.05, 3.63) is 34.2 Å². The first kappa shape index (κ1) is 13.4. The zero-order chi connectivity index (χ0) is 12.9. The topological polar surface area (TPSA) is 88.0 Å². The number of hydrogen-bond donors (Lipinski definition) is 3. The molecule has 0 aromatic carbocycles. The molecule has 0 bridgehead atoms. The molecule has 0 saturated heterocycles. The Kier molecular flexibility index (Phi) is 4.45. The lowest BCUT2D eigenvalue weighted by atomic mass is 9.89. The number of aromatic amines is 1. The number of carbonyl (C=O) groups is 1. The van der Waals surface area contributed by atoms with Gasteiger partial charge < -0.3 is 16.0 Å². The molecule has 1 amide bonds. The second-order valence-corrected chi connectivity index (χ2v) is 4.81. The smallest absolute Gasteiger partial charge is 0.256 e. The summed E-state index contributed by atoms with van der Waals surface area (Å²) in [7, 11) is 0. The minimum absolute atomic E-state index is 0.0635. The van der Waals surface area contributed by atoms with Crippen molar-refractivity contribution in [3.63, 3.8) is 0 Å². The van der Waals surface area contributed by atoms with Crippen LogP contribution in [0.4, 0.5) is 0 Å². The van der Waals surface area contributed by atoms with Crippen molar-refractivity contribution in [2.24, 2.45) is 11.1 Å². The van der Waals surface area contributed by atoms with Gasteiger partial charge in [0.15, 0.2) is 5.43 Å². The maximum Gasteiger partial charge on any atom is 0.256 e. The van der Waals surface area contributed by atoms with Crippen molar-refractivity contribution in [3.8, 4) is 0 Å². The van der Waals surface area contributed by atoms with Gasteiger partial charge in [0.05, 0.1) is 0 Å². The van der Waals surface area contributed by atoms with Gasteiger partial charge in [-0.15, -0.1) is 0 Å². The van der Waals surface area contributed by atoms with Gasteiger partial charge in [0.25, 0.3) is 5.91 Å². The summed E-state index contributed by atoms with van der Waals surface area (Å²) in [6.45, 7) is 5.12. The van der Waals surface area contributed by atoms with Crippen molar-refractivity contribution >= 4 is 5.91 Å². The highest BCUT2D eigenvalue weighted by Gasteiger charge is 2.18. The van der Waals surface area contributed by atoms with Crippen LogP contribution in [0.2, 0.25) is 0 Å². The predicted octanol–water partition coefficient (Wildman–Crippen LogP) is 0.480. The monoisotopic (exact) mass is 237 g/mol. The number of H-pyrrole nitrogens is 1. The molecule has 0 saturated carbocycles. The third kappa shape index (κ3) is 4.03. The van der Waals surface area contributed by atoms with Crippen LogP contribution >= 0.6 is 0 Å². The Morgan fingerprint density at radius 3 is 2.82 bits per heavy atom. The molecule has 5 nitrogen and oxygen atoms in total. The van der Waals surface area contributed by atoms with Gasteiger partial charge in [-0.2, -0.15) is 0 Å². The fourth-order valence-corrected chi connectivity index (χ4v) is 1.49. The molecular formula is C12H19N3O2. The molecule has 94 valence electrons. The Hall–Kier alpha value is -1.62. The van der Waals surface area contributed by atoms with E-state index in [2.05, 4.69) is 10.3 Å². The largest absolute Gasteiger partial charge is 0.367 e. The number of hydrogen-bond acceptors (Lipinski definition) is 3. The normalized spacial score (nSPS) is 11.2. The van der Waals surface area contributed by atoms with Crippen molar-refractivity contribution < 1.29 is 4.79 Å². The van der Waals surface area contributed by atoms with Crippen LogP contribution in [0, 0.1) is 5.41 Å². The maximum atomic E-state index is 11.8. The maximum absolute atomic E-state index is 11.8. The van der Waals surface area contributed by atoms with E-state index < -0.39 is 0 Å². The number of nitrogens with two attached hydrogens (primary N) is 1. The molecule has 0 aliphatic carbocycles. The molecule has 1 aromatic rings. The van der Waals surface area contributed by atoms with Crippen LogP contribution < -0.4 is 16.5 Å². The highest BCUT2D eigenvalue weighted by Crippen LogP contribution is 2.17. The number of nitrogens with one attached hydrogen (secondary N) is 2. The van der Waals surface area contributed by atoms with Gasteiger partial charge in [0, 0.05) is 25.0 Å². The minimum Gasteiger partial charge on any atom is -0.367 e. The van der Waals surface area contributed by atoms with Crippen molar-refractivity contribution in [1.82, 2.24) is 10.3 Å². The molecule has 0 radical (unpaired) electrons. The second-order valence-electron chi connectivity index (χ2n) is 4.81. The number of pyridine rings is 1. The van der Waals surface area contributed by atoms with Crippen LogP contribution in [-0.4, -0.2) is 24.0 Å². The SMILES string of the molecule is CC(C)(CCN)CNC(=O)c1c[nH]ccc1=O. The van der Waals surface area contributed by atoms with E-state index in [1.807, 2.05) is 13.8 Å². The first-order valence-electron chi connectivity index (χ1n) is 5.62. The first-order valence-corrected chi connectivity index (χ1v) is 5.62. The van der Waals surface area contributed by atoms with E-state index in [4.69, 9.17) is 5.73 Å². The van der Waals surface area contributed by atoms with Gasteiger partial charge in [-0.1, -0.05) is 13.8 Å². The van der Waals surface area contributed by atoms with Gasteiger partial charge in [-0.05, 0) is 18.4 Å². The number of carbonyl (C=O) groups excluding carboxylic acids is 1. The third-order valence-electron chi connectivity index (χ3n) is 2.62. The summed E-state index contributed by atoms with van der Waals surface area (Å²) >= 11 is 0.